The summed E-state index contributed by atoms with van der Waals surface area (Å²) in [6.07, 6.45) is 7.48. The number of nitrogens with zero attached hydrogens (tertiary/aromatic N) is 1. The lowest BCUT2D eigenvalue weighted by molar-refractivity contribution is -0.0292. The van der Waals surface area contributed by atoms with Crippen LogP contribution in [-0.2, 0) is 4.74 Å². The molecule has 0 radical (unpaired) electrons. The van der Waals surface area contributed by atoms with Crippen LogP contribution >= 0.6 is 12.4 Å². The van der Waals surface area contributed by atoms with Crippen molar-refractivity contribution in [3.05, 3.63) is 0 Å². The Morgan fingerprint density at radius 1 is 1.19 bits per heavy atom. The van der Waals surface area contributed by atoms with Crippen molar-refractivity contribution < 1.29 is 4.74 Å². The normalized spacial score (nSPS) is 28.7. The average molecular weight is 249 g/mol. The summed E-state index contributed by atoms with van der Waals surface area (Å²) in [6.45, 7) is 4.97. The first-order valence-corrected chi connectivity index (χ1v) is 6.42. The van der Waals surface area contributed by atoms with E-state index in [4.69, 9.17) is 10.5 Å². The van der Waals surface area contributed by atoms with Crippen molar-refractivity contribution >= 4 is 12.4 Å². The fraction of sp³-hybridized carbons (Fsp3) is 1.00. The number of rotatable bonds is 3. The number of ether oxygens (including phenoxy) is 1. The molecular formula is C12H25ClN2O. The third-order valence-corrected chi connectivity index (χ3v) is 3.73. The minimum absolute atomic E-state index is 0. The van der Waals surface area contributed by atoms with Crippen molar-refractivity contribution in [1.82, 2.24) is 4.90 Å². The predicted octanol–water partition coefficient (Wildman–Crippen LogP) is 1.65. The maximum Gasteiger partial charge on any atom is 0.0824 e. The van der Waals surface area contributed by atoms with Crippen LogP contribution in [0.25, 0.3) is 0 Å². The van der Waals surface area contributed by atoms with Crippen LogP contribution in [-0.4, -0.2) is 43.8 Å². The third-order valence-electron chi connectivity index (χ3n) is 3.73. The van der Waals surface area contributed by atoms with E-state index in [9.17, 15) is 0 Å². The number of hydrogen-bond acceptors (Lipinski definition) is 3. The van der Waals surface area contributed by atoms with Gasteiger partial charge in [-0.1, -0.05) is 19.3 Å². The van der Waals surface area contributed by atoms with Gasteiger partial charge < -0.3 is 10.5 Å². The van der Waals surface area contributed by atoms with Crippen LogP contribution in [0, 0.1) is 5.92 Å². The van der Waals surface area contributed by atoms with Gasteiger partial charge in [0.1, 0.15) is 0 Å². The average Bonchev–Trinajstić information content (AvgIpc) is 2.31. The summed E-state index contributed by atoms with van der Waals surface area (Å²) in [5.74, 6) is 0.940. The smallest absolute Gasteiger partial charge is 0.0824 e. The first-order valence-electron chi connectivity index (χ1n) is 6.42. The van der Waals surface area contributed by atoms with Crippen LogP contribution in [0.3, 0.4) is 0 Å². The summed E-state index contributed by atoms with van der Waals surface area (Å²) < 4.78 is 5.58. The molecule has 1 atom stereocenters. The van der Waals surface area contributed by atoms with Gasteiger partial charge in [-0.3, -0.25) is 4.90 Å². The molecule has 16 heavy (non-hydrogen) atoms. The number of morpholine rings is 1. The molecule has 0 amide bonds. The fourth-order valence-electron chi connectivity index (χ4n) is 2.82. The monoisotopic (exact) mass is 248 g/mol. The van der Waals surface area contributed by atoms with Gasteiger partial charge in [0.05, 0.1) is 12.7 Å². The summed E-state index contributed by atoms with van der Waals surface area (Å²) in [5.41, 5.74) is 5.65. The van der Waals surface area contributed by atoms with Gasteiger partial charge in [0.2, 0.25) is 0 Å². The zero-order valence-electron chi connectivity index (χ0n) is 10.1. The Kier molecular flexibility index (Phi) is 6.66. The van der Waals surface area contributed by atoms with Crippen LogP contribution < -0.4 is 5.73 Å². The molecule has 1 aliphatic heterocycles. The van der Waals surface area contributed by atoms with Crippen molar-refractivity contribution in [2.45, 2.75) is 38.2 Å². The zero-order valence-corrected chi connectivity index (χ0v) is 10.9. The highest BCUT2D eigenvalue weighted by molar-refractivity contribution is 5.85. The predicted molar refractivity (Wildman–Crippen MR) is 69.1 cm³/mol. The van der Waals surface area contributed by atoms with E-state index in [1.54, 1.807) is 0 Å². The van der Waals surface area contributed by atoms with Crippen molar-refractivity contribution in [1.29, 1.82) is 0 Å². The van der Waals surface area contributed by atoms with Gasteiger partial charge in [0.25, 0.3) is 0 Å². The van der Waals surface area contributed by atoms with E-state index in [1.165, 1.54) is 38.6 Å². The Morgan fingerprint density at radius 2 is 1.94 bits per heavy atom. The Balaban J connectivity index is 0.00000128. The van der Waals surface area contributed by atoms with Gasteiger partial charge in [0.15, 0.2) is 0 Å². The van der Waals surface area contributed by atoms with Gasteiger partial charge in [-0.25, -0.2) is 0 Å². The molecule has 0 aromatic carbocycles. The van der Waals surface area contributed by atoms with Gasteiger partial charge in [-0.15, -0.1) is 12.4 Å². The molecule has 1 aliphatic carbocycles. The topological polar surface area (TPSA) is 38.5 Å². The first kappa shape index (κ1) is 14.2. The summed E-state index contributed by atoms with van der Waals surface area (Å²) in [4.78, 5) is 2.55. The molecule has 1 saturated heterocycles. The lowest BCUT2D eigenvalue weighted by Crippen LogP contribution is -2.47. The van der Waals surface area contributed by atoms with Gasteiger partial charge in [0, 0.05) is 26.2 Å². The molecule has 2 rings (SSSR count). The maximum atomic E-state index is 5.65. The van der Waals surface area contributed by atoms with E-state index in [0.717, 1.165) is 25.6 Å². The van der Waals surface area contributed by atoms with Crippen LogP contribution in [0.15, 0.2) is 0 Å². The number of hydrogen-bond donors (Lipinski definition) is 1. The SMILES string of the molecule is Cl.NCC1CN(CC2CCCCC2)CCO1. The molecule has 3 nitrogen and oxygen atoms in total. The Morgan fingerprint density at radius 3 is 2.62 bits per heavy atom. The lowest BCUT2D eigenvalue weighted by Gasteiger charge is -2.35. The summed E-state index contributed by atoms with van der Waals surface area (Å²) in [5, 5.41) is 0. The van der Waals surface area contributed by atoms with Crippen LogP contribution in [0.1, 0.15) is 32.1 Å². The highest BCUT2D eigenvalue weighted by atomic mass is 35.5. The molecule has 1 heterocycles. The van der Waals surface area contributed by atoms with E-state index in [-0.39, 0.29) is 18.5 Å². The lowest BCUT2D eigenvalue weighted by atomic mass is 9.89. The van der Waals surface area contributed by atoms with Gasteiger partial charge in [-0.2, -0.15) is 0 Å². The van der Waals surface area contributed by atoms with Crippen LogP contribution in [0.4, 0.5) is 0 Å². The van der Waals surface area contributed by atoms with E-state index >= 15 is 0 Å². The van der Waals surface area contributed by atoms with E-state index < -0.39 is 0 Å². The summed E-state index contributed by atoms with van der Waals surface area (Å²) >= 11 is 0. The second-order valence-electron chi connectivity index (χ2n) is 4.99. The molecule has 4 heteroatoms. The maximum absolute atomic E-state index is 5.65. The molecule has 0 aromatic heterocycles. The van der Waals surface area contributed by atoms with Crippen molar-refractivity contribution in [2.24, 2.45) is 11.7 Å². The number of halogens is 1. The summed E-state index contributed by atoms with van der Waals surface area (Å²) in [6, 6.07) is 0. The largest absolute Gasteiger partial charge is 0.374 e. The highest BCUT2D eigenvalue weighted by Gasteiger charge is 2.22. The Hall–Kier alpha value is 0.170. The molecule has 0 spiro atoms. The molecule has 2 aliphatic rings. The molecule has 96 valence electrons. The molecule has 1 unspecified atom stereocenters. The molecule has 0 aromatic rings. The molecule has 2 N–H and O–H groups in total. The standard InChI is InChI=1S/C12H24N2O.ClH/c13-8-12-10-14(6-7-15-12)9-11-4-2-1-3-5-11;/h11-12H,1-10,13H2;1H. The van der Waals surface area contributed by atoms with Gasteiger partial charge in [-0.05, 0) is 18.8 Å². The summed E-state index contributed by atoms with van der Waals surface area (Å²) in [7, 11) is 0. The van der Waals surface area contributed by atoms with E-state index in [1.807, 2.05) is 0 Å². The van der Waals surface area contributed by atoms with Crippen LogP contribution in [0.5, 0.6) is 0 Å². The Bertz CT molecular complexity index is 186. The third kappa shape index (κ3) is 4.21. The Labute approximate surface area is 105 Å². The highest BCUT2D eigenvalue weighted by Crippen LogP contribution is 2.24. The first-order chi connectivity index (χ1) is 7.38. The zero-order chi connectivity index (χ0) is 10.5. The number of nitrogens with two attached hydrogens (primary N) is 1. The van der Waals surface area contributed by atoms with E-state index in [2.05, 4.69) is 4.90 Å². The van der Waals surface area contributed by atoms with Crippen molar-refractivity contribution in [3.63, 3.8) is 0 Å². The molecule has 2 fully saturated rings. The molecule has 0 bridgehead atoms. The minimum Gasteiger partial charge on any atom is -0.374 e. The fourth-order valence-corrected chi connectivity index (χ4v) is 2.82. The second-order valence-corrected chi connectivity index (χ2v) is 4.99. The molecule has 1 saturated carbocycles. The minimum atomic E-state index is 0. The molecular weight excluding hydrogens is 224 g/mol. The van der Waals surface area contributed by atoms with Crippen molar-refractivity contribution in [3.8, 4) is 0 Å². The second kappa shape index (κ2) is 7.49. The van der Waals surface area contributed by atoms with E-state index in [0.29, 0.717) is 6.54 Å². The van der Waals surface area contributed by atoms with Crippen LogP contribution in [0.2, 0.25) is 0 Å². The van der Waals surface area contributed by atoms with Gasteiger partial charge >= 0.3 is 0 Å². The quantitative estimate of drug-likeness (QED) is 0.826. The van der Waals surface area contributed by atoms with Crippen molar-refractivity contribution in [2.75, 3.05) is 32.8 Å².